The van der Waals surface area contributed by atoms with E-state index in [-0.39, 0.29) is 0 Å². The number of aromatic nitrogens is 3. The predicted molar refractivity (Wildman–Crippen MR) is 102 cm³/mol. The maximum Gasteiger partial charge on any atom is 0.223 e. The summed E-state index contributed by atoms with van der Waals surface area (Å²) in [6, 6.07) is 17.2. The van der Waals surface area contributed by atoms with Gasteiger partial charge in [0.1, 0.15) is 11.6 Å². The maximum absolute atomic E-state index is 9.62. The number of anilines is 2. The molecule has 0 radical (unpaired) electrons. The van der Waals surface area contributed by atoms with E-state index in [1.165, 1.54) is 0 Å². The van der Waals surface area contributed by atoms with Crippen molar-refractivity contribution < 1.29 is 4.74 Å². The van der Waals surface area contributed by atoms with E-state index in [1.807, 2.05) is 42.5 Å². The highest BCUT2D eigenvalue weighted by atomic mass is 16.5. The molecule has 4 rings (SSSR count). The Morgan fingerprint density at radius 1 is 1.07 bits per heavy atom. The Labute approximate surface area is 156 Å². The smallest absolute Gasteiger partial charge is 0.223 e. The highest BCUT2D eigenvalue weighted by molar-refractivity contribution is 5.81. The molecule has 0 fully saturated rings. The van der Waals surface area contributed by atoms with Crippen LogP contribution in [0.2, 0.25) is 0 Å². The average molecular weight is 356 g/mol. The molecule has 0 unspecified atom stereocenters. The number of para-hydroxylation sites is 2. The molecule has 7 nitrogen and oxygen atoms in total. The van der Waals surface area contributed by atoms with Gasteiger partial charge in [0, 0.05) is 31.1 Å². The third-order valence-corrected chi connectivity index (χ3v) is 3.99. The van der Waals surface area contributed by atoms with E-state index < -0.39 is 0 Å². The molecule has 27 heavy (non-hydrogen) atoms. The second-order valence-corrected chi connectivity index (χ2v) is 5.80. The Morgan fingerprint density at radius 2 is 1.96 bits per heavy atom. The quantitative estimate of drug-likeness (QED) is 0.678. The first kappa shape index (κ1) is 16.5. The highest BCUT2D eigenvalue weighted by Crippen LogP contribution is 2.35. The molecule has 2 N–H and O–H groups in total. The number of pyridine rings is 1. The third kappa shape index (κ3) is 3.70. The van der Waals surface area contributed by atoms with Crippen molar-refractivity contribution in [2.24, 2.45) is 0 Å². The SMILES string of the molecule is N#CC(=C1Nc2ccccc2O1)c1ccnc(NCCc2ccccn2)n1. The van der Waals surface area contributed by atoms with Gasteiger partial charge in [-0.15, -0.1) is 0 Å². The zero-order valence-corrected chi connectivity index (χ0v) is 14.4. The molecule has 0 aliphatic carbocycles. The van der Waals surface area contributed by atoms with E-state index in [4.69, 9.17) is 4.74 Å². The molecule has 1 aromatic carbocycles. The van der Waals surface area contributed by atoms with Crippen molar-refractivity contribution >= 4 is 17.2 Å². The number of hydrogen-bond acceptors (Lipinski definition) is 7. The molecular weight excluding hydrogens is 340 g/mol. The van der Waals surface area contributed by atoms with Gasteiger partial charge in [-0.25, -0.2) is 9.97 Å². The Bertz CT molecular complexity index is 999. The molecule has 7 heteroatoms. The van der Waals surface area contributed by atoms with Crippen LogP contribution in [0.3, 0.4) is 0 Å². The van der Waals surface area contributed by atoms with E-state index in [0.717, 1.165) is 17.8 Å². The third-order valence-electron chi connectivity index (χ3n) is 3.99. The topological polar surface area (TPSA) is 95.8 Å². The minimum absolute atomic E-state index is 0.321. The predicted octanol–water partition coefficient (Wildman–Crippen LogP) is 3.22. The van der Waals surface area contributed by atoms with E-state index >= 15 is 0 Å². The number of allylic oxidation sites excluding steroid dienone is 1. The molecule has 2 aromatic heterocycles. The van der Waals surface area contributed by atoms with Gasteiger partial charge in [-0.2, -0.15) is 5.26 Å². The lowest BCUT2D eigenvalue weighted by molar-refractivity contribution is 0.460. The normalized spacial score (nSPS) is 13.7. The molecule has 0 saturated heterocycles. The first-order valence-electron chi connectivity index (χ1n) is 8.49. The number of nitrogens with zero attached hydrogens (tertiary/aromatic N) is 4. The number of benzene rings is 1. The van der Waals surface area contributed by atoms with Gasteiger partial charge in [0.25, 0.3) is 0 Å². The van der Waals surface area contributed by atoms with Gasteiger partial charge in [0.05, 0.1) is 11.4 Å². The molecule has 1 aliphatic heterocycles. The van der Waals surface area contributed by atoms with Gasteiger partial charge < -0.3 is 15.4 Å². The molecule has 1 aliphatic rings. The summed E-state index contributed by atoms with van der Waals surface area (Å²) in [4.78, 5) is 12.9. The highest BCUT2D eigenvalue weighted by Gasteiger charge is 2.21. The fourth-order valence-electron chi connectivity index (χ4n) is 2.69. The van der Waals surface area contributed by atoms with Crippen LogP contribution in [0.4, 0.5) is 11.6 Å². The maximum atomic E-state index is 9.62. The number of nitriles is 1. The van der Waals surface area contributed by atoms with Crippen LogP contribution < -0.4 is 15.4 Å². The summed E-state index contributed by atoms with van der Waals surface area (Å²) in [6.07, 6.45) is 4.14. The van der Waals surface area contributed by atoms with E-state index in [9.17, 15) is 5.26 Å². The van der Waals surface area contributed by atoms with Crippen molar-refractivity contribution in [3.8, 4) is 11.8 Å². The van der Waals surface area contributed by atoms with E-state index in [1.54, 1.807) is 18.5 Å². The monoisotopic (exact) mass is 356 g/mol. The van der Waals surface area contributed by atoms with E-state index in [0.29, 0.717) is 35.4 Å². The van der Waals surface area contributed by atoms with Crippen LogP contribution in [0.25, 0.3) is 5.57 Å². The largest absolute Gasteiger partial charge is 0.437 e. The first-order chi connectivity index (χ1) is 13.3. The number of fused-ring (bicyclic) bond motifs is 1. The molecule has 3 aromatic rings. The Balaban J connectivity index is 1.50. The van der Waals surface area contributed by atoms with Crippen LogP contribution in [-0.4, -0.2) is 21.5 Å². The molecular formula is C20H16N6O. The molecule has 0 saturated carbocycles. The van der Waals surface area contributed by atoms with Crippen LogP contribution in [0.5, 0.6) is 5.75 Å². The van der Waals surface area contributed by atoms with Crippen LogP contribution in [-0.2, 0) is 6.42 Å². The lowest BCUT2D eigenvalue weighted by atomic mass is 10.2. The molecule has 3 heterocycles. The Hall–Kier alpha value is -3.92. The van der Waals surface area contributed by atoms with Crippen LogP contribution in [0.15, 0.2) is 66.8 Å². The number of rotatable bonds is 5. The summed E-state index contributed by atoms with van der Waals surface area (Å²) in [5, 5.41) is 15.9. The number of ether oxygens (including phenoxy) is 1. The fraction of sp³-hybridized carbons (Fsp3) is 0.100. The average Bonchev–Trinajstić information content (AvgIpc) is 3.13. The van der Waals surface area contributed by atoms with Gasteiger partial charge in [-0.1, -0.05) is 18.2 Å². The van der Waals surface area contributed by atoms with Crippen LogP contribution in [0.1, 0.15) is 11.4 Å². The van der Waals surface area contributed by atoms with Crippen molar-refractivity contribution in [3.05, 3.63) is 78.2 Å². The second-order valence-electron chi connectivity index (χ2n) is 5.80. The number of nitrogens with one attached hydrogen (secondary N) is 2. The summed E-state index contributed by atoms with van der Waals surface area (Å²) < 4.78 is 5.75. The van der Waals surface area contributed by atoms with Crippen LogP contribution >= 0.6 is 0 Å². The first-order valence-corrected chi connectivity index (χ1v) is 8.49. The summed E-state index contributed by atoms with van der Waals surface area (Å²) in [6.45, 7) is 0.638. The molecule has 0 spiro atoms. The van der Waals surface area contributed by atoms with Crippen molar-refractivity contribution in [2.75, 3.05) is 17.2 Å². The summed E-state index contributed by atoms with van der Waals surface area (Å²) in [5.41, 5.74) is 2.62. The van der Waals surface area contributed by atoms with Crippen molar-refractivity contribution in [3.63, 3.8) is 0 Å². The summed E-state index contributed by atoms with van der Waals surface area (Å²) >= 11 is 0. The minimum atomic E-state index is 0.321. The van der Waals surface area contributed by atoms with Crippen molar-refractivity contribution in [1.82, 2.24) is 15.0 Å². The Kier molecular flexibility index (Phi) is 4.62. The summed E-state index contributed by atoms with van der Waals surface area (Å²) in [7, 11) is 0. The summed E-state index contributed by atoms with van der Waals surface area (Å²) in [5.74, 6) is 1.51. The zero-order chi connectivity index (χ0) is 18.5. The lowest BCUT2D eigenvalue weighted by Gasteiger charge is -2.07. The zero-order valence-electron chi connectivity index (χ0n) is 14.4. The van der Waals surface area contributed by atoms with Gasteiger partial charge in [-0.05, 0) is 30.3 Å². The number of hydrogen-bond donors (Lipinski definition) is 2. The van der Waals surface area contributed by atoms with Crippen molar-refractivity contribution in [2.45, 2.75) is 6.42 Å². The molecule has 0 bridgehead atoms. The van der Waals surface area contributed by atoms with Gasteiger partial charge >= 0.3 is 0 Å². The lowest BCUT2D eigenvalue weighted by Crippen LogP contribution is -2.10. The van der Waals surface area contributed by atoms with E-state index in [2.05, 4.69) is 31.7 Å². The van der Waals surface area contributed by atoms with Gasteiger partial charge in [0.2, 0.25) is 11.8 Å². The molecule has 0 atom stereocenters. The van der Waals surface area contributed by atoms with Gasteiger partial charge in [-0.3, -0.25) is 4.98 Å². The van der Waals surface area contributed by atoms with Gasteiger partial charge in [0.15, 0.2) is 5.75 Å². The standard InChI is InChI=1S/C20H16N6O/c21-13-15(19-25-17-6-1-2-7-18(17)27-19)16-9-12-24-20(26-16)23-11-8-14-5-3-4-10-22-14/h1-7,9-10,12,25H,8,11H2,(H,23,24,26). The minimum Gasteiger partial charge on any atom is -0.437 e. The molecule has 132 valence electrons. The van der Waals surface area contributed by atoms with Crippen LogP contribution in [0, 0.1) is 11.3 Å². The molecule has 0 amide bonds. The fourth-order valence-corrected chi connectivity index (χ4v) is 2.69. The Morgan fingerprint density at radius 3 is 2.78 bits per heavy atom. The second kappa shape index (κ2) is 7.54. The van der Waals surface area contributed by atoms with Crippen molar-refractivity contribution in [1.29, 1.82) is 5.26 Å².